The highest BCUT2D eigenvalue weighted by Crippen LogP contribution is 2.28. The van der Waals surface area contributed by atoms with E-state index in [2.05, 4.69) is 27.3 Å². The van der Waals surface area contributed by atoms with E-state index in [4.69, 9.17) is 9.72 Å². The highest BCUT2D eigenvalue weighted by Gasteiger charge is 2.28. The highest BCUT2D eigenvalue weighted by molar-refractivity contribution is 5.86. The zero-order valence-corrected chi connectivity index (χ0v) is 19.7. The van der Waals surface area contributed by atoms with Crippen LogP contribution in [0.3, 0.4) is 0 Å². The van der Waals surface area contributed by atoms with Crippen molar-refractivity contribution in [2.45, 2.75) is 65.6 Å². The van der Waals surface area contributed by atoms with Gasteiger partial charge in [-0.2, -0.15) is 5.10 Å². The van der Waals surface area contributed by atoms with Crippen LogP contribution in [0.15, 0.2) is 12.5 Å². The normalized spacial score (nSPS) is 17.1. The van der Waals surface area contributed by atoms with Gasteiger partial charge in [0.05, 0.1) is 11.8 Å². The molecule has 0 unspecified atom stereocenters. The monoisotopic (exact) mass is 440 g/mol. The van der Waals surface area contributed by atoms with E-state index in [1.807, 2.05) is 50.2 Å². The van der Waals surface area contributed by atoms with Crippen LogP contribution in [-0.2, 0) is 18.3 Å². The number of nitrogens with zero attached hydrogens (tertiary/aromatic N) is 7. The summed E-state index contributed by atoms with van der Waals surface area (Å²) in [6.45, 7) is 11.8. The maximum atomic E-state index is 12.5. The molecule has 1 N–H and O–H groups in total. The fourth-order valence-corrected chi connectivity index (χ4v) is 4.11. The number of ether oxygens (including phenoxy) is 1. The first-order valence-corrected chi connectivity index (χ1v) is 11.1. The Morgan fingerprint density at radius 2 is 2.09 bits per heavy atom. The third-order valence-electron chi connectivity index (χ3n) is 5.71. The van der Waals surface area contributed by atoms with Crippen LogP contribution in [0.25, 0.3) is 22.6 Å². The lowest BCUT2D eigenvalue weighted by atomic mass is 10.1. The van der Waals surface area contributed by atoms with Gasteiger partial charge < -0.3 is 19.5 Å². The minimum Gasteiger partial charge on any atom is -0.444 e. The number of carbonyl (C=O) groups excluding carboxylic acids is 1. The molecule has 1 saturated heterocycles. The third-order valence-corrected chi connectivity index (χ3v) is 5.71. The van der Waals surface area contributed by atoms with E-state index in [1.165, 1.54) is 0 Å². The van der Waals surface area contributed by atoms with E-state index in [1.54, 1.807) is 11.2 Å². The number of carbonyl (C=O) groups is 1. The van der Waals surface area contributed by atoms with Crippen molar-refractivity contribution in [2.24, 2.45) is 7.05 Å². The summed E-state index contributed by atoms with van der Waals surface area (Å²) in [4.78, 5) is 28.1. The molecule has 0 aromatic carbocycles. The number of aromatic nitrogens is 6. The summed E-state index contributed by atoms with van der Waals surface area (Å²) in [5, 5.41) is 7.95. The Bertz CT molecular complexity index is 1130. The molecule has 4 rings (SSSR count). The topological polar surface area (TPSA) is 103 Å². The first kappa shape index (κ1) is 22.0. The lowest BCUT2D eigenvalue weighted by molar-refractivity contribution is 0.0206. The van der Waals surface area contributed by atoms with Crippen LogP contribution in [0.2, 0.25) is 0 Å². The van der Waals surface area contributed by atoms with Gasteiger partial charge in [0.2, 0.25) is 0 Å². The Kier molecular flexibility index (Phi) is 5.79. The molecule has 3 aromatic rings. The smallest absolute Gasteiger partial charge is 0.410 e. The Labute approximate surface area is 188 Å². The van der Waals surface area contributed by atoms with Crippen molar-refractivity contribution >= 4 is 23.1 Å². The van der Waals surface area contributed by atoms with Gasteiger partial charge in [0, 0.05) is 38.4 Å². The molecule has 1 atom stereocenters. The molecule has 10 heteroatoms. The average Bonchev–Trinajstić information content (AvgIpc) is 3.27. The van der Waals surface area contributed by atoms with Gasteiger partial charge in [-0.15, -0.1) is 0 Å². The first-order chi connectivity index (χ1) is 15.2. The van der Waals surface area contributed by atoms with Crippen LogP contribution in [0, 0.1) is 6.92 Å². The number of nitrogens with one attached hydrogen (secondary N) is 1. The van der Waals surface area contributed by atoms with Gasteiger partial charge in [0.1, 0.15) is 17.8 Å². The Morgan fingerprint density at radius 1 is 1.31 bits per heavy atom. The molecule has 1 amide bonds. The molecule has 0 spiro atoms. The predicted octanol–water partition coefficient (Wildman–Crippen LogP) is 3.37. The minimum atomic E-state index is -0.510. The van der Waals surface area contributed by atoms with Crippen LogP contribution in [0.5, 0.6) is 0 Å². The summed E-state index contributed by atoms with van der Waals surface area (Å²) in [6.07, 6.45) is 4.95. The molecule has 0 radical (unpaired) electrons. The van der Waals surface area contributed by atoms with Crippen LogP contribution in [0.1, 0.15) is 46.2 Å². The van der Waals surface area contributed by atoms with Gasteiger partial charge in [-0.05, 0) is 47.5 Å². The minimum absolute atomic E-state index is 0.0596. The number of fused-ring (bicyclic) bond motifs is 1. The van der Waals surface area contributed by atoms with Crippen molar-refractivity contribution < 1.29 is 9.53 Å². The predicted molar refractivity (Wildman–Crippen MR) is 122 cm³/mol. The molecular weight excluding hydrogens is 408 g/mol. The molecule has 10 nitrogen and oxygen atoms in total. The molecule has 1 aliphatic rings. The lowest BCUT2D eigenvalue weighted by Gasteiger charge is -2.34. The number of aryl methyl sites for hydroxylation is 2. The van der Waals surface area contributed by atoms with Crippen molar-refractivity contribution in [2.75, 3.05) is 18.4 Å². The molecule has 32 heavy (non-hydrogen) atoms. The summed E-state index contributed by atoms with van der Waals surface area (Å²) in [7, 11) is 1.95. The molecular formula is C22H32N8O2. The largest absolute Gasteiger partial charge is 0.444 e. The number of hydrogen-bond donors (Lipinski definition) is 1. The van der Waals surface area contributed by atoms with Crippen molar-refractivity contribution in [3.8, 4) is 11.4 Å². The number of amides is 1. The maximum Gasteiger partial charge on any atom is 0.410 e. The van der Waals surface area contributed by atoms with Crippen LogP contribution in [0.4, 0.5) is 10.6 Å². The average molecular weight is 441 g/mol. The number of piperidine rings is 1. The van der Waals surface area contributed by atoms with Gasteiger partial charge in [-0.1, -0.05) is 0 Å². The lowest BCUT2D eigenvalue weighted by Crippen LogP contribution is -2.47. The third kappa shape index (κ3) is 4.26. The molecule has 1 fully saturated rings. The van der Waals surface area contributed by atoms with E-state index in [-0.39, 0.29) is 12.1 Å². The second-order valence-electron chi connectivity index (χ2n) is 9.26. The molecule has 172 valence electrons. The van der Waals surface area contributed by atoms with Gasteiger partial charge in [-0.25, -0.2) is 19.7 Å². The summed E-state index contributed by atoms with van der Waals surface area (Å²) < 4.78 is 9.47. The van der Waals surface area contributed by atoms with Gasteiger partial charge in [0.15, 0.2) is 17.0 Å². The maximum absolute atomic E-state index is 12.5. The number of rotatable bonds is 4. The molecule has 0 aliphatic carbocycles. The van der Waals surface area contributed by atoms with Gasteiger partial charge in [0.25, 0.3) is 0 Å². The SMILES string of the molecule is CCn1ncc(-c2nc3c(N[C@@H]4CCCN(C(=O)OC(C)(C)C)C4)ncnc3n2C)c1C. The van der Waals surface area contributed by atoms with E-state index in [0.717, 1.165) is 42.1 Å². The van der Waals surface area contributed by atoms with E-state index >= 15 is 0 Å². The summed E-state index contributed by atoms with van der Waals surface area (Å²) >= 11 is 0. The molecule has 4 heterocycles. The van der Waals surface area contributed by atoms with E-state index in [9.17, 15) is 4.79 Å². The van der Waals surface area contributed by atoms with Crippen LogP contribution >= 0.6 is 0 Å². The van der Waals surface area contributed by atoms with Crippen molar-refractivity contribution in [1.29, 1.82) is 0 Å². The summed E-state index contributed by atoms with van der Waals surface area (Å²) in [5.74, 6) is 1.48. The second-order valence-corrected chi connectivity index (χ2v) is 9.26. The van der Waals surface area contributed by atoms with E-state index < -0.39 is 5.60 Å². The quantitative estimate of drug-likeness (QED) is 0.663. The number of anilines is 1. The summed E-state index contributed by atoms with van der Waals surface area (Å²) in [6, 6.07) is 0.0596. The number of likely N-dealkylation sites (tertiary alicyclic amines) is 1. The zero-order valence-electron chi connectivity index (χ0n) is 19.7. The number of imidazole rings is 1. The highest BCUT2D eigenvalue weighted by atomic mass is 16.6. The molecule has 0 saturated carbocycles. The molecule has 1 aliphatic heterocycles. The standard InChI is InChI=1S/C22H32N8O2/c1-7-30-14(2)16(11-25-30)19-27-17-18(23-13-24-20(17)28(19)6)26-15-9-8-10-29(12-15)21(31)32-22(3,4)5/h11,13,15H,7-10,12H2,1-6H3,(H,23,24,26)/t15-/m1/s1. The Hall–Kier alpha value is -3.17. The van der Waals surface area contributed by atoms with E-state index in [0.29, 0.717) is 24.4 Å². The number of hydrogen-bond acceptors (Lipinski definition) is 7. The van der Waals surface area contributed by atoms with Crippen molar-refractivity contribution in [3.63, 3.8) is 0 Å². The van der Waals surface area contributed by atoms with Crippen molar-refractivity contribution in [3.05, 3.63) is 18.2 Å². The van der Waals surface area contributed by atoms with Crippen molar-refractivity contribution in [1.82, 2.24) is 34.2 Å². The Morgan fingerprint density at radius 3 is 2.78 bits per heavy atom. The van der Waals surface area contributed by atoms with Crippen LogP contribution in [-0.4, -0.2) is 65.0 Å². The van der Waals surface area contributed by atoms with Gasteiger partial charge in [-0.3, -0.25) is 4.68 Å². The second kappa shape index (κ2) is 8.40. The van der Waals surface area contributed by atoms with Gasteiger partial charge >= 0.3 is 6.09 Å². The molecule has 0 bridgehead atoms. The summed E-state index contributed by atoms with van der Waals surface area (Å²) in [5.41, 5.74) is 2.99. The zero-order chi connectivity index (χ0) is 23.0. The fraction of sp³-hybridized carbons (Fsp3) is 0.591. The molecule has 3 aromatic heterocycles. The Balaban J connectivity index is 1.58. The fourth-order valence-electron chi connectivity index (χ4n) is 4.11. The first-order valence-electron chi connectivity index (χ1n) is 11.1. The van der Waals surface area contributed by atoms with Crippen LogP contribution < -0.4 is 5.32 Å².